The molecule has 10 heteroatoms. The Bertz CT molecular complexity index is 1110. The number of nitrogens with zero attached hydrogens (tertiary/aromatic N) is 2. The van der Waals surface area contributed by atoms with Crippen LogP contribution in [-0.2, 0) is 19.2 Å². The summed E-state index contributed by atoms with van der Waals surface area (Å²) in [5.41, 5.74) is 0.855. The number of phenols is 1. The number of carbonyl (C=O) groups excluding carboxylic acids is 4. The summed E-state index contributed by atoms with van der Waals surface area (Å²) in [4.78, 5) is 48.5. The third-order valence-corrected chi connectivity index (χ3v) is 8.65. The number of para-hydroxylation sites is 1. The summed E-state index contributed by atoms with van der Waals surface area (Å²) >= 11 is 13.8. The predicted molar refractivity (Wildman–Crippen MR) is 107 cm³/mol. The van der Waals surface area contributed by atoms with Crippen LogP contribution in [0.2, 0.25) is 0 Å². The lowest BCUT2D eigenvalue weighted by Crippen LogP contribution is -2.60. The van der Waals surface area contributed by atoms with Crippen molar-refractivity contribution in [2.75, 3.05) is 7.05 Å². The molecule has 3 fully saturated rings. The second-order valence-electron chi connectivity index (χ2n) is 8.55. The van der Waals surface area contributed by atoms with Crippen molar-refractivity contribution in [1.29, 1.82) is 0 Å². The number of phenolic OH excluding ortho intramolecular Hbond substituents is 1. The highest BCUT2D eigenvalue weighted by Gasteiger charge is 2.76. The fourth-order valence-corrected chi connectivity index (χ4v) is 6.82. The van der Waals surface area contributed by atoms with E-state index >= 15 is 0 Å². The Balaban J connectivity index is 1.77. The number of amides is 4. The maximum absolute atomic E-state index is 13.3. The van der Waals surface area contributed by atoms with Crippen molar-refractivity contribution in [3.05, 3.63) is 41.5 Å². The van der Waals surface area contributed by atoms with Crippen molar-refractivity contribution in [3.8, 4) is 5.75 Å². The average molecular weight is 465 g/mol. The number of benzene rings is 1. The van der Waals surface area contributed by atoms with E-state index in [1.165, 1.54) is 13.1 Å². The fraction of sp³-hybridized carbons (Fsp3) is 0.429. The lowest BCUT2D eigenvalue weighted by atomic mass is 9.56. The molecule has 2 N–H and O–H groups in total. The number of hydrogen-bond donors (Lipinski definition) is 2. The van der Waals surface area contributed by atoms with Gasteiger partial charge in [-0.2, -0.15) is 5.06 Å². The SMILES string of the molecule is CN1C(=O)C2(Cl)CC3C(=CCC4C(=O)N(O)C(=O)C43)C(c3ccccc3O)C2(Cl)C1=O. The number of alkyl halides is 2. The topological polar surface area (TPSA) is 115 Å². The van der Waals surface area contributed by atoms with Gasteiger partial charge in [0, 0.05) is 18.5 Å². The molecule has 0 aromatic heterocycles. The van der Waals surface area contributed by atoms with Gasteiger partial charge in [0.05, 0.1) is 11.8 Å². The van der Waals surface area contributed by atoms with E-state index in [2.05, 4.69) is 0 Å². The fourth-order valence-electron chi connectivity index (χ4n) is 5.80. The number of aromatic hydroxyl groups is 1. The number of likely N-dealkylation sites (tertiary alicyclic amines) is 1. The van der Waals surface area contributed by atoms with E-state index in [1.807, 2.05) is 0 Å². The highest BCUT2D eigenvalue weighted by Crippen LogP contribution is 2.65. The smallest absolute Gasteiger partial charge is 0.257 e. The van der Waals surface area contributed by atoms with Crippen molar-refractivity contribution < 1.29 is 29.5 Å². The Morgan fingerprint density at radius 1 is 1.03 bits per heavy atom. The number of fused-ring (bicyclic) bond motifs is 4. The molecule has 8 nitrogen and oxygen atoms in total. The van der Waals surface area contributed by atoms with Gasteiger partial charge in [-0.1, -0.05) is 29.8 Å². The van der Waals surface area contributed by atoms with Crippen LogP contribution >= 0.6 is 23.2 Å². The maximum atomic E-state index is 13.3. The van der Waals surface area contributed by atoms with Crippen molar-refractivity contribution in [2.24, 2.45) is 17.8 Å². The number of rotatable bonds is 1. The van der Waals surface area contributed by atoms with E-state index in [1.54, 1.807) is 24.3 Å². The van der Waals surface area contributed by atoms with E-state index in [-0.39, 0.29) is 23.7 Å². The first-order chi connectivity index (χ1) is 14.6. The second kappa shape index (κ2) is 6.31. The van der Waals surface area contributed by atoms with Gasteiger partial charge in [0.1, 0.15) is 5.75 Å². The minimum Gasteiger partial charge on any atom is -0.508 e. The summed E-state index contributed by atoms with van der Waals surface area (Å²) in [6, 6.07) is 6.29. The van der Waals surface area contributed by atoms with E-state index < -0.39 is 57.0 Å². The van der Waals surface area contributed by atoms with Crippen LogP contribution in [0, 0.1) is 17.8 Å². The standard InChI is InChI=1S/C21H18Cl2N2O6/c1-24-18(29)20(22)8-12-9(6-7-11-14(12)17(28)25(31)16(11)27)15(21(20,23)19(24)30)10-4-2-3-5-13(10)26/h2-6,11-12,14-15,26,31H,7-8H2,1H3. The minimum absolute atomic E-state index is 0.123. The van der Waals surface area contributed by atoms with E-state index in [9.17, 15) is 29.5 Å². The molecule has 2 aliphatic heterocycles. The molecule has 1 aromatic carbocycles. The van der Waals surface area contributed by atoms with Gasteiger partial charge < -0.3 is 5.11 Å². The van der Waals surface area contributed by atoms with Gasteiger partial charge in [-0.3, -0.25) is 29.3 Å². The third kappa shape index (κ3) is 2.25. The summed E-state index contributed by atoms with van der Waals surface area (Å²) in [7, 11) is 1.29. The molecule has 5 rings (SSSR count). The number of imide groups is 2. The molecule has 4 aliphatic rings. The van der Waals surface area contributed by atoms with Crippen LogP contribution in [0.3, 0.4) is 0 Å². The molecule has 0 spiro atoms. The molecule has 6 unspecified atom stereocenters. The van der Waals surface area contributed by atoms with Crippen LogP contribution < -0.4 is 0 Å². The highest BCUT2D eigenvalue weighted by molar-refractivity contribution is 6.53. The number of hydroxylamine groups is 2. The normalized spacial score (nSPS) is 39.4. The second-order valence-corrected chi connectivity index (χ2v) is 9.79. The zero-order chi connectivity index (χ0) is 22.5. The Labute approximate surface area is 187 Å². The number of halogens is 2. The van der Waals surface area contributed by atoms with Crippen LogP contribution in [0.4, 0.5) is 0 Å². The van der Waals surface area contributed by atoms with Crippen molar-refractivity contribution in [3.63, 3.8) is 0 Å². The number of carbonyl (C=O) groups is 4. The average Bonchev–Trinajstić information content (AvgIpc) is 3.04. The first kappa shape index (κ1) is 20.5. The monoisotopic (exact) mass is 464 g/mol. The first-order valence-electron chi connectivity index (χ1n) is 9.80. The van der Waals surface area contributed by atoms with Gasteiger partial charge in [0.2, 0.25) is 0 Å². The summed E-state index contributed by atoms with van der Waals surface area (Å²) in [5.74, 6) is -6.46. The van der Waals surface area contributed by atoms with Crippen molar-refractivity contribution >= 4 is 46.8 Å². The molecule has 162 valence electrons. The number of hydrogen-bond acceptors (Lipinski definition) is 6. The van der Waals surface area contributed by atoms with Crippen LogP contribution in [0.1, 0.15) is 24.3 Å². The molecular formula is C21H18Cl2N2O6. The zero-order valence-electron chi connectivity index (χ0n) is 16.3. The van der Waals surface area contributed by atoms with Gasteiger partial charge in [-0.25, -0.2) is 0 Å². The highest BCUT2D eigenvalue weighted by atomic mass is 35.5. The lowest BCUT2D eigenvalue weighted by molar-refractivity contribution is -0.173. The lowest BCUT2D eigenvalue weighted by Gasteiger charge is -2.50. The Morgan fingerprint density at radius 2 is 1.71 bits per heavy atom. The summed E-state index contributed by atoms with van der Waals surface area (Å²) < 4.78 is 0. The quantitative estimate of drug-likeness (QED) is 0.283. The van der Waals surface area contributed by atoms with Crippen molar-refractivity contribution in [1.82, 2.24) is 9.96 Å². The van der Waals surface area contributed by atoms with Gasteiger partial charge >= 0.3 is 0 Å². The van der Waals surface area contributed by atoms with Crippen LogP contribution in [0.15, 0.2) is 35.9 Å². The Kier molecular flexibility index (Phi) is 4.17. The molecule has 1 aromatic rings. The van der Waals surface area contributed by atoms with E-state index in [0.29, 0.717) is 11.1 Å². The molecule has 0 bridgehead atoms. The van der Waals surface area contributed by atoms with Gasteiger partial charge in [0.15, 0.2) is 9.75 Å². The first-order valence-corrected chi connectivity index (χ1v) is 10.6. The van der Waals surface area contributed by atoms with E-state index in [0.717, 1.165) is 4.90 Å². The molecule has 4 amide bonds. The molecule has 1 saturated carbocycles. The molecule has 2 saturated heterocycles. The third-order valence-electron chi connectivity index (χ3n) is 7.24. The van der Waals surface area contributed by atoms with Crippen LogP contribution in [0.5, 0.6) is 5.75 Å². The largest absolute Gasteiger partial charge is 0.508 e. The molecule has 6 atom stereocenters. The molecule has 31 heavy (non-hydrogen) atoms. The maximum Gasteiger partial charge on any atom is 0.257 e. The van der Waals surface area contributed by atoms with Crippen molar-refractivity contribution in [2.45, 2.75) is 28.5 Å². The van der Waals surface area contributed by atoms with Gasteiger partial charge in [-0.05, 0) is 24.8 Å². The minimum atomic E-state index is -1.93. The van der Waals surface area contributed by atoms with E-state index in [4.69, 9.17) is 23.2 Å². The van der Waals surface area contributed by atoms with Gasteiger partial charge in [-0.15, -0.1) is 23.2 Å². The summed E-state index contributed by atoms with van der Waals surface area (Å²) in [6.45, 7) is 0. The predicted octanol–water partition coefficient (Wildman–Crippen LogP) is 1.77. The molecular weight excluding hydrogens is 447 g/mol. The van der Waals surface area contributed by atoms with Crippen LogP contribution in [-0.4, -0.2) is 60.7 Å². The molecule has 2 heterocycles. The molecule has 2 aliphatic carbocycles. The number of allylic oxidation sites excluding steroid dienone is 2. The summed E-state index contributed by atoms with van der Waals surface area (Å²) in [6.07, 6.45) is 1.73. The summed E-state index contributed by atoms with van der Waals surface area (Å²) in [5, 5.41) is 20.7. The zero-order valence-corrected chi connectivity index (χ0v) is 17.8. The van der Waals surface area contributed by atoms with Crippen LogP contribution in [0.25, 0.3) is 0 Å². The van der Waals surface area contributed by atoms with Gasteiger partial charge in [0.25, 0.3) is 23.6 Å². The Hall–Kier alpha value is -2.42. The Morgan fingerprint density at radius 3 is 2.39 bits per heavy atom. The molecule has 0 radical (unpaired) electrons.